The van der Waals surface area contributed by atoms with E-state index in [2.05, 4.69) is 15.6 Å². The van der Waals surface area contributed by atoms with Gasteiger partial charge in [0.2, 0.25) is 10.0 Å². The van der Waals surface area contributed by atoms with Gasteiger partial charge in [0, 0.05) is 17.1 Å². The molecule has 0 aromatic heterocycles. The van der Waals surface area contributed by atoms with E-state index in [-0.39, 0.29) is 23.6 Å². The van der Waals surface area contributed by atoms with Crippen molar-refractivity contribution in [3.8, 4) is 5.75 Å². The van der Waals surface area contributed by atoms with Crippen molar-refractivity contribution in [2.75, 3.05) is 6.61 Å². The van der Waals surface area contributed by atoms with Crippen LogP contribution < -0.4 is 20.3 Å². The average molecular weight is 474 g/mol. The van der Waals surface area contributed by atoms with Gasteiger partial charge >= 0.3 is 0 Å². The van der Waals surface area contributed by atoms with Crippen molar-refractivity contribution in [2.45, 2.75) is 11.4 Å². The van der Waals surface area contributed by atoms with Gasteiger partial charge in [-0.3, -0.25) is 20.4 Å². The highest BCUT2D eigenvalue weighted by Gasteiger charge is 2.16. The Hall–Kier alpha value is -3.40. The Morgan fingerprint density at radius 2 is 1.59 bits per heavy atom. The van der Waals surface area contributed by atoms with Gasteiger partial charge in [-0.05, 0) is 48.0 Å². The van der Waals surface area contributed by atoms with E-state index < -0.39 is 21.8 Å². The Kier molecular flexibility index (Phi) is 7.82. The second kappa shape index (κ2) is 10.8. The first-order valence-electron chi connectivity index (χ1n) is 9.45. The third-order valence-electron chi connectivity index (χ3n) is 4.21. The van der Waals surface area contributed by atoms with Crippen LogP contribution >= 0.6 is 11.6 Å². The predicted molar refractivity (Wildman–Crippen MR) is 119 cm³/mol. The molecular formula is C22H20ClN3O5S. The van der Waals surface area contributed by atoms with Gasteiger partial charge in [-0.2, -0.15) is 0 Å². The van der Waals surface area contributed by atoms with Gasteiger partial charge in [0.15, 0.2) is 6.61 Å². The van der Waals surface area contributed by atoms with Crippen molar-refractivity contribution in [3.05, 3.63) is 95.0 Å². The number of hydrogen-bond donors (Lipinski definition) is 3. The molecule has 2 amide bonds. The number of amides is 2. The Bertz CT molecular complexity index is 1190. The largest absolute Gasteiger partial charge is 0.484 e. The van der Waals surface area contributed by atoms with Gasteiger partial charge < -0.3 is 4.74 Å². The van der Waals surface area contributed by atoms with Crippen LogP contribution in [0.2, 0.25) is 5.02 Å². The van der Waals surface area contributed by atoms with E-state index in [1.54, 1.807) is 36.4 Å². The SMILES string of the molecule is O=C(COc1ccc(Cl)cc1)NNC(=O)c1cccc(S(=O)(=O)NCc2ccccc2)c1. The number of sulfonamides is 1. The molecule has 0 aliphatic carbocycles. The minimum atomic E-state index is -3.83. The Morgan fingerprint density at radius 1 is 0.875 bits per heavy atom. The highest BCUT2D eigenvalue weighted by molar-refractivity contribution is 7.89. The van der Waals surface area contributed by atoms with E-state index in [0.717, 1.165) is 5.56 Å². The smallest absolute Gasteiger partial charge is 0.276 e. The molecule has 0 unspecified atom stereocenters. The normalized spacial score (nSPS) is 10.9. The second-order valence-electron chi connectivity index (χ2n) is 6.58. The van der Waals surface area contributed by atoms with Crippen molar-refractivity contribution >= 4 is 33.4 Å². The Morgan fingerprint density at radius 3 is 2.31 bits per heavy atom. The van der Waals surface area contributed by atoms with Crippen LogP contribution in [-0.4, -0.2) is 26.8 Å². The monoisotopic (exact) mass is 473 g/mol. The molecule has 10 heteroatoms. The van der Waals surface area contributed by atoms with Gasteiger partial charge in [-0.1, -0.05) is 48.0 Å². The molecule has 166 valence electrons. The first kappa shape index (κ1) is 23.3. The van der Waals surface area contributed by atoms with E-state index in [1.165, 1.54) is 24.3 Å². The summed E-state index contributed by atoms with van der Waals surface area (Å²) in [5.41, 5.74) is 5.30. The lowest BCUT2D eigenvalue weighted by Crippen LogP contribution is -2.43. The molecule has 3 N–H and O–H groups in total. The van der Waals surface area contributed by atoms with Crippen LogP contribution in [0.4, 0.5) is 0 Å². The maximum atomic E-state index is 12.5. The first-order valence-corrected chi connectivity index (χ1v) is 11.3. The van der Waals surface area contributed by atoms with Crippen LogP contribution in [0.1, 0.15) is 15.9 Å². The molecule has 3 rings (SSSR count). The van der Waals surface area contributed by atoms with Gasteiger partial charge in [0.25, 0.3) is 11.8 Å². The van der Waals surface area contributed by atoms with Crippen LogP contribution in [0, 0.1) is 0 Å². The zero-order valence-electron chi connectivity index (χ0n) is 16.7. The third-order valence-corrected chi connectivity index (χ3v) is 5.87. The topological polar surface area (TPSA) is 114 Å². The van der Waals surface area contributed by atoms with Crippen molar-refractivity contribution in [2.24, 2.45) is 0 Å². The summed E-state index contributed by atoms with van der Waals surface area (Å²) in [5, 5.41) is 0.536. The van der Waals surface area contributed by atoms with E-state index in [9.17, 15) is 18.0 Å². The summed E-state index contributed by atoms with van der Waals surface area (Å²) in [4.78, 5) is 24.1. The zero-order chi connectivity index (χ0) is 23.0. The summed E-state index contributed by atoms with van der Waals surface area (Å²) in [6, 6.07) is 21.0. The molecule has 0 saturated heterocycles. The van der Waals surface area contributed by atoms with Crippen LogP contribution in [0.3, 0.4) is 0 Å². The second-order valence-corrected chi connectivity index (χ2v) is 8.79. The average Bonchev–Trinajstić information content (AvgIpc) is 2.81. The molecular weight excluding hydrogens is 454 g/mol. The highest BCUT2D eigenvalue weighted by atomic mass is 35.5. The standard InChI is InChI=1S/C22H20ClN3O5S/c23-18-9-11-19(12-10-18)31-15-21(27)25-26-22(28)17-7-4-8-20(13-17)32(29,30)24-14-16-5-2-1-3-6-16/h1-13,24H,14-15H2,(H,25,27)(H,26,28). The van der Waals surface area contributed by atoms with E-state index in [0.29, 0.717) is 10.8 Å². The van der Waals surface area contributed by atoms with Gasteiger partial charge in [0.05, 0.1) is 4.90 Å². The molecule has 0 aliphatic heterocycles. The predicted octanol–water partition coefficient (Wildman–Crippen LogP) is 2.66. The zero-order valence-corrected chi connectivity index (χ0v) is 18.3. The van der Waals surface area contributed by atoms with Crippen LogP contribution in [0.25, 0.3) is 0 Å². The number of hydrogen-bond acceptors (Lipinski definition) is 5. The highest BCUT2D eigenvalue weighted by Crippen LogP contribution is 2.15. The molecule has 0 heterocycles. The number of nitrogens with one attached hydrogen (secondary N) is 3. The van der Waals surface area contributed by atoms with Crippen molar-refractivity contribution in [1.82, 2.24) is 15.6 Å². The molecule has 0 aliphatic rings. The molecule has 3 aromatic rings. The van der Waals surface area contributed by atoms with E-state index >= 15 is 0 Å². The number of carbonyl (C=O) groups is 2. The van der Waals surface area contributed by atoms with Crippen LogP contribution in [-0.2, 0) is 21.4 Å². The number of benzene rings is 3. The van der Waals surface area contributed by atoms with Gasteiger partial charge in [-0.15, -0.1) is 0 Å². The Labute approximate surface area is 190 Å². The third kappa shape index (κ3) is 6.81. The number of hydrazine groups is 1. The van der Waals surface area contributed by atoms with Crippen molar-refractivity contribution in [1.29, 1.82) is 0 Å². The summed E-state index contributed by atoms with van der Waals surface area (Å²) in [6.45, 7) is -0.219. The summed E-state index contributed by atoms with van der Waals surface area (Å²) >= 11 is 5.78. The summed E-state index contributed by atoms with van der Waals surface area (Å²) in [7, 11) is -3.83. The molecule has 0 bridgehead atoms. The number of halogens is 1. The van der Waals surface area contributed by atoms with Crippen LogP contribution in [0.15, 0.2) is 83.8 Å². The molecule has 0 radical (unpaired) electrons. The summed E-state index contributed by atoms with van der Waals surface area (Å²) in [6.07, 6.45) is 0. The number of ether oxygens (including phenoxy) is 1. The molecule has 8 nitrogen and oxygen atoms in total. The quantitative estimate of drug-likeness (QED) is 0.435. The lowest BCUT2D eigenvalue weighted by Gasteiger charge is -2.10. The maximum Gasteiger partial charge on any atom is 0.276 e. The lowest BCUT2D eigenvalue weighted by molar-refractivity contribution is -0.123. The minimum absolute atomic E-state index is 0.0616. The minimum Gasteiger partial charge on any atom is -0.484 e. The van der Waals surface area contributed by atoms with E-state index in [4.69, 9.17) is 16.3 Å². The molecule has 32 heavy (non-hydrogen) atoms. The van der Waals surface area contributed by atoms with Gasteiger partial charge in [0.1, 0.15) is 5.75 Å². The lowest BCUT2D eigenvalue weighted by atomic mass is 10.2. The number of carbonyl (C=O) groups excluding carboxylic acids is 2. The van der Waals surface area contributed by atoms with Crippen molar-refractivity contribution in [3.63, 3.8) is 0 Å². The Balaban J connectivity index is 1.53. The maximum absolute atomic E-state index is 12.5. The molecule has 3 aromatic carbocycles. The molecule has 0 spiro atoms. The fraction of sp³-hybridized carbons (Fsp3) is 0.0909. The molecule has 0 saturated carbocycles. The number of rotatable bonds is 8. The fourth-order valence-electron chi connectivity index (χ4n) is 2.58. The van der Waals surface area contributed by atoms with E-state index in [1.807, 2.05) is 18.2 Å². The summed E-state index contributed by atoms with van der Waals surface area (Å²) in [5.74, 6) is -0.830. The molecule has 0 fully saturated rings. The fourth-order valence-corrected chi connectivity index (χ4v) is 3.77. The first-order chi connectivity index (χ1) is 15.3. The molecule has 0 atom stereocenters. The van der Waals surface area contributed by atoms with Crippen molar-refractivity contribution < 1.29 is 22.7 Å². The summed E-state index contributed by atoms with van der Waals surface area (Å²) < 4.78 is 32.9. The van der Waals surface area contributed by atoms with Crippen LogP contribution in [0.5, 0.6) is 5.75 Å². The van der Waals surface area contributed by atoms with Gasteiger partial charge in [-0.25, -0.2) is 13.1 Å².